The first-order chi connectivity index (χ1) is 6.32. The maximum atomic E-state index is 10.6. The lowest BCUT2D eigenvalue weighted by molar-refractivity contribution is -0.385. The molecule has 0 aliphatic heterocycles. The number of nitro benzene ring substituents is 1. The van der Waals surface area contributed by atoms with Crippen LogP contribution in [0.2, 0.25) is 0 Å². The average molecular weight is 234 g/mol. The van der Waals surface area contributed by atoms with E-state index in [9.17, 15) is 23.1 Å². The quantitative estimate of drug-likeness (QED) is 0.465. The Kier molecular flexibility index (Phi) is 3.90. The van der Waals surface area contributed by atoms with Crippen LogP contribution < -0.4 is 6.15 Å². The van der Waals surface area contributed by atoms with Crippen LogP contribution in [0.4, 0.5) is 5.69 Å². The number of nitrogens with zero attached hydrogens (tertiary/aromatic N) is 1. The van der Waals surface area contributed by atoms with Crippen LogP contribution in [0.25, 0.3) is 0 Å². The van der Waals surface area contributed by atoms with E-state index in [0.29, 0.717) is 0 Å². The van der Waals surface area contributed by atoms with Gasteiger partial charge in [-0.2, -0.15) is 0 Å². The SMILES string of the molecule is Cc1cc([N+](=O)[O-])ccc1S(=O)(=O)[O-].[NH4+]. The van der Waals surface area contributed by atoms with Gasteiger partial charge in [0.05, 0.1) is 9.82 Å². The van der Waals surface area contributed by atoms with Gasteiger partial charge in [0.25, 0.3) is 5.69 Å². The van der Waals surface area contributed by atoms with Gasteiger partial charge in [-0.25, -0.2) is 8.42 Å². The standard InChI is InChI=1S/C7H7NO5S.H3N/c1-5-4-6(8(9)10)2-3-7(5)14(11,12)13;/h2-4H,1H3,(H,11,12,13);1H3. The first kappa shape index (κ1) is 13.5. The molecule has 0 amide bonds. The van der Waals surface area contributed by atoms with Gasteiger partial charge in [0.15, 0.2) is 0 Å². The molecule has 0 heterocycles. The van der Waals surface area contributed by atoms with Crippen molar-refractivity contribution in [3.05, 3.63) is 33.9 Å². The van der Waals surface area contributed by atoms with E-state index in [0.717, 1.165) is 18.2 Å². The van der Waals surface area contributed by atoms with Crippen molar-refractivity contribution in [1.29, 1.82) is 0 Å². The van der Waals surface area contributed by atoms with E-state index in [1.807, 2.05) is 0 Å². The molecule has 0 bridgehead atoms. The van der Waals surface area contributed by atoms with Crippen molar-refractivity contribution < 1.29 is 17.9 Å². The van der Waals surface area contributed by atoms with Crippen LogP contribution in [-0.2, 0) is 10.1 Å². The summed E-state index contributed by atoms with van der Waals surface area (Å²) in [5.41, 5.74) is -0.163. The van der Waals surface area contributed by atoms with E-state index in [2.05, 4.69) is 0 Å². The molecule has 7 nitrogen and oxygen atoms in total. The Morgan fingerprint density at radius 1 is 1.33 bits per heavy atom. The first-order valence-electron chi connectivity index (χ1n) is 3.53. The van der Waals surface area contributed by atoms with Gasteiger partial charge < -0.3 is 10.7 Å². The largest absolute Gasteiger partial charge is 0.744 e. The molecule has 4 N–H and O–H groups in total. The number of hydrogen-bond acceptors (Lipinski definition) is 5. The fourth-order valence-corrected chi connectivity index (χ4v) is 1.72. The van der Waals surface area contributed by atoms with Gasteiger partial charge in [0.2, 0.25) is 0 Å². The lowest BCUT2D eigenvalue weighted by Crippen LogP contribution is -2.01. The van der Waals surface area contributed by atoms with E-state index in [-0.39, 0.29) is 17.4 Å². The van der Waals surface area contributed by atoms with Crippen molar-refractivity contribution in [3.8, 4) is 0 Å². The smallest absolute Gasteiger partial charge is 0.269 e. The molecule has 15 heavy (non-hydrogen) atoms. The molecule has 1 aromatic rings. The normalized spacial score (nSPS) is 10.5. The molecule has 0 radical (unpaired) electrons. The fourth-order valence-electron chi connectivity index (χ4n) is 1.03. The van der Waals surface area contributed by atoms with Gasteiger partial charge in [-0.1, -0.05) is 0 Å². The lowest BCUT2D eigenvalue weighted by atomic mass is 10.2. The van der Waals surface area contributed by atoms with Crippen LogP contribution in [0.5, 0.6) is 0 Å². The fraction of sp³-hybridized carbons (Fsp3) is 0.143. The summed E-state index contributed by atoms with van der Waals surface area (Å²) in [5, 5.41) is 10.3. The second kappa shape index (κ2) is 4.34. The summed E-state index contributed by atoms with van der Waals surface area (Å²) < 4.78 is 31.8. The Labute approximate surface area is 86.2 Å². The molecule has 8 heteroatoms. The van der Waals surface area contributed by atoms with Crippen LogP contribution in [-0.4, -0.2) is 17.9 Å². The van der Waals surface area contributed by atoms with E-state index < -0.39 is 19.9 Å². The molecule has 0 unspecified atom stereocenters. The van der Waals surface area contributed by atoms with Crippen LogP contribution in [0.3, 0.4) is 0 Å². The molecule has 0 saturated carbocycles. The van der Waals surface area contributed by atoms with Crippen molar-refractivity contribution >= 4 is 15.8 Å². The summed E-state index contributed by atoms with van der Waals surface area (Å²) in [6, 6.07) is 2.97. The highest BCUT2D eigenvalue weighted by Crippen LogP contribution is 2.20. The van der Waals surface area contributed by atoms with Gasteiger partial charge in [0, 0.05) is 12.1 Å². The van der Waals surface area contributed by atoms with E-state index >= 15 is 0 Å². The Morgan fingerprint density at radius 2 is 1.87 bits per heavy atom. The highest BCUT2D eigenvalue weighted by Gasteiger charge is 2.11. The Morgan fingerprint density at radius 3 is 2.20 bits per heavy atom. The maximum Gasteiger partial charge on any atom is 0.269 e. The molecule has 84 valence electrons. The summed E-state index contributed by atoms with van der Waals surface area (Å²) in [4.78, 5) is 9.21. The number of aryl methyl sites for hydroxylation is 1. The monoisotopic (exact) mass is 234 g/mol. The van der Waals surface area contributed by atoms with E-state index in [4.69, 9.17) is 0 Å². The molecule has 1 rings (SSSR count). The van der Waals surface area contributed by atoms with Crippen molar-refractivity contribution in [1.82, 2.24) is 6.15 Å². The van der Waals surface area contributed by atoms with Crippen LogP contribution in [0, 0.1) is 17.0 Å². The lowest BCUT2D eigenvalue weighted by Gasteiger charge is -2.09. The summed E-state index contributed by atoms with van der Waals surface area (Å²) in [7, 11) is -4.55. The van der Waals surface area contributed by atoms with Crippen molar-refractivity contribution in [2.24, 2.45) is 0 Å². The molecule has 0 fully saturated rings. The van der Waals surface area contributed by atoms with Gasteiger partial charge in [-0.3, -0.25) is 10.1 Å². The molecule has 0 aromatic heterocycles. The third-order valence-electron chi connectivity index (χ3n) is 1.64. The van der Waals surface area contributed by atoms with Crippen molar-refractivity contribution in [2.75, 3.05) is 0 Å². The van der Waals surface area contributed by atoms with Crippen LogP contribution in [0.1, 0.15) is 5.56 Å². The van der Waals surface area contributed by atoms with Gasteiger partial charge >= 0.3 is 0 Å². The minimum Gasteiger partial charge on any atom is -0.744 e. The summed E-state index contributed by atoms with van der Waals surface area (Å²) in [5.74, 6) is 0. The molecule has 0 spiro atoms. The number of benzene rings is 1. The van der Waals surface area contributed by atoms with E-state index in [1.165, 1.54) is 6.92 Å². The number of quaternary nitrogens is 1. The Hall–Kier alpha value is -1.51. The van der Waals surface area contributed by atoms with Crippen LogP contribution in [0.15, 0.2) is 23.1 Å². The molecule has 0 aliphatic rings. The second-order valence-corrected chi connectivity index (χ2v) is 4.01. The third-order valence-corrected chi connectivity index (χ3v) is 2.64. The first-order valence-corrected chi connectivity index (χ1v) is 4.94. The molecule has 1 aromatic carbocycles. The number of non-ortho nitro benzene ring substituents is 1. The maximum absolute atomic E-state index is 10.6. The number of nitro groups is 1. The molecule has 0 aliphatic carbocycles. The van der Waals surface area contributed by atoms with Gasteiger partial charge in [-0.05, 0) is 18.6 Å². The summed E-state index contributed by atoms with van der Waals surface area (Å²) >= 11 is 0. The topological polar surface area (TPSA) is 137 Å². The zero-order valence-electron chi connectivity index (χ0n) is 8.13. The third kappa shape index (κ3) is 2.98. The van der Waals surface area contributed by atoms with Gasteiger partial charge in [0.1, 0.15) is 10.1 Å². The predicted molar refractivity (Wildman–Crippen MR) is 51.8 cm³/mol. The highest BCUT2D eigenvalue weighted by molar-refractivity contribution is 7.85. The average Bonchev–Trinajstić information content (AvgIpc) is 2.01. The predicted octanol–water partition coefficient (Wildman–Crippen LogP) is 1.18. The molecule has 0 atom stereocenters. The van der Waals surface area contributed by atoms with Gasteiger partial charge in [-0.15, -0.1) is 0 Å². The highest BCUT2D eigenvalue weighted by atomic mass is 32.2. The molecular formula is C7H10N2O5S. The summed E-state index contributed by atoms with van der Waals surface area (Å²) in [6.07, 6.45) is 0. The van der Waals surface area contributed by atoms with E-state index in [1.54, 1.807) is 0 Å². The van der Waals surface area contributed by atoms with Crippen LogP contribution >= 0.6 is 0 Å². The van der Waals surface area contributed by atoms with Crippen molar-refractivity contribution in [2.45, 2.75) is 11.8 Å². The Bertz CT molecular complexity index is 482. The molecule has 0 saturated heterocycles. The van der Waals surface area contributed by atoms with Crippen molar-refractivity contribution in [3.63, 3.8) is 0 Å². The zero-order chi connectivity index (χ0) is 10.9. The number of hydrogen-bond donors (Lipinski definition) is 1. The Balaban J connectivity index is 0.00000196. The minimum absolute atomic E-state index is 0. The second-order valence-electron chi connectivity index (χ2n) is 2.66. The summed E-state index contributed by atoms with van der Waals surface area (Å²) in [6.45, 7) is 1.33. The minimum atomic E-state index is -4.55. The number of rotatable bonds is 2. The zero-order valence-corrected chi connectivity index (χ0v) is 8.95. The molecular weight excluding hydrogens is 224 g/mol.